The van der Waals surface area contributed by atoms with Crippen molar-refractivity contribution < 1.29 is 14.2 Å². The predicted molar refractivity (Wildman–Crippen MR) is 70.7 cm³/mol. The van der Waals surface area contributed by atoms with E-state index in [1.54, 1.807) is 18.2 Å². The number of ether oxygens (including phenoxy) is 1. The molecule has 3 rings (SSSR count). The second-order valence-electron chi connectivity index (χ2n) is 4.57. The van der Waals surface area contributed by atoms with Crippen LogP contribution in [0.1, 0.15) is 34.3 Å². The molecule has 0 unspecified atom stereocenters. The fourth-order valence-electron chi connectivity index (χ4n) is 1.97. The first-order chi connectivity index (χ1) is 9.28. The van der Waals surface area contributed by atoms with Crippen LogP contribution in [0.3, 0.4) is 0 Å². The third-order valence-electron chi connectivity index (χ3n) is 3.07. The van der Waals surface area contributed by atoms with Gasteiger partial charge in [-0.25, -0.2) is 9.37 Å². The van der Waals surface area contributed by atoms with Crippen LogP contribution in [0, 0.1) is 5.82 Å². The Hall–Kier alpha value is -1.46. The lowest BCUT2D eigenvalue weighted by molar-refractivity contribution is 0.284. The molecule has 100 valence electrons. The molecule has 0 saturated heterocycles. The van der Waals surface area contributed by atoms with Crippen molar-refractivity contribution in [2.75, 3.05) is 0 Å². The zero-order valence-electron chi connectivity index (χ0n) is 10.3. The zero-order chi connectivity index (χ0) is 13.2. The summed E-state index contributed by atoms with van der Waals surface area (Å²) in [5, 5.41) is 10.1. The fraction of sp³-hybridized carbons (Fsp3) is 0.357. The van der Waals surface area contributed by atoms with Crippen LogP contribution in [0.4, 0.5) is 4.39 Å². The molecule has 2 aromatic rings. The Balaban J connectivity index is 1.71. The van der Waals surface area contributed by atoms with Gasteiger partial charge in [0.15, 0.2) is 11.6 Å². The summed E-state index contributed by atoms with van der Waals surface area (Å²) < 4.78 is 18.8. The van der Waals surface area contributed by atoms with Crippen LogP contribution in [0.5, 0.6) is 5.75 Å². The van der Waals surface area contributed by atoms with E-state index in [-0.39, 0.29) is 24.8 Å². The van der Waals surface area contributed by atoms with Crippen LogP contribution in [0.15, 0.2) is 24.3 Å². The highest BCUT2D eigenvalue weighted by Crippen LogP contribution is 2.42. The Morgan fingerprint density at radius 1 is 1.37 bits per heavy atom. The highest BCUT2D eigenvalue weighted by molar-refractivity contribution is 7.11. The van der Waals surface area contributed by atoms with Crippen molar-refractivity contribution in [2.24, 2.45) is 0 Å². The molecule has 1 N–H and O–H groups in total. The van der Waals surface area contributed by atoms with Crippen LogP contribution in [-0.4, -0.2) is 10.1 Å². The Labute approximate surface area is 114 Å². The van der Waals surface area contributed by atoms with Gasteiger partial charge in [0.25, 0.3) is 0 Å². The van der Waals surface area contributed by atoms with E-state index >= 15 is 0 Å². The molecule has 1 fully saturated rings. The Kier molecular flexibility index (Phi) is 3.48. The second kappa shape index (κ2) is 5.27. The maximum Gasteiger partial charge on any atom is 0.165 e. The van der Waals surface area contributed by atoms with E-state index in [1.165, 1.54) is 17.4 Å². The van der Waals surface area contributed by atoms with Gasteiger partial charge in [0.1, 0.15) is 11.6 Å². The SMILES string of the molecule is OCc1sc(COc2ccccc2F)nc1C1CC1. The van der Waals surface area contributed by atoms with Gasteiger partial charge in [-0.05, 0) is 25.0 Å². The van der Waals surface area contributed by atoms with Crippen LogP contribution in [0.25, 0.3) is 0 Å². The van der Waals surface area contributed by atoms with Crippen molar-refractivity contribution in [2.45, 2.75) is 32.0 Å². The molecule has 1 aliphatic carbocycles. The molecule has 1 aromatic heterocycles. The summed E-state index contributed by atoms with van der Waals surface area (Å²) in [5.41, 5.74) is 1.000. The van der Waals surface area contributed by atoms with E-state index in [0.717, 1.165) is 28.4 Å². The second-order valence-corrected chi connectivity index (χ2v) is 5.74. The molecule has 0 radical (unpaired) electrons. The van der Waals surface area contributed by atoms with Crippen LogP contribution in [0.2, 0.25) is 0 Å². The number of benzene rings is 1. The van der Waals surface area contributed by atoms with Gasteiger partial charge in [0.05, 0.1) is 17.2 Å². The summed E-state index contributed by atoms with van der Waals surface area (Å²) in [7, 11) is 0. The van der Waals surface area contributed by atoms with Crippen molar-refractivity contribution in [3.05, 3.63) is 45.7 Å². The minimum absolute atomic E-state index is 0.0171. The number of hydrogen-bond acceptors (Lipinski definition) is 4. The van der Waals surface area contributed by atoms with E-state index in [0.29, 0.717) is 5.92 Å². The first-order valence-electron chi connectivity index (χ1n) is 6.24. The molecule has 1 saturated carbocycles. The molecular weight excluding hydrogens is 265 g/mol. The zero-order valence-corrected chi connectivity index (χ0v) is 11.1. The average Bonchev–Trinajstić information content (AvgIpc) is 3.18. The van der Waals surface area contributed by atoms with Crippen molar-refractivity contribution >= 4 is 11.3 Å². The lowest BCUT2D eigenvalue weighted by Gasteiger charge is -2.04. The summed E-state index contributed by atoms with van der Waals surface area (Å²) >= 11 is 1.44. The number of aliphatic hydroxyl groups excluding tert-OH is 1. The number of halogens is 1. The van der Waals surface area contributed by atoms with E-state index < -0.39 is 0 Å². The number of hydrogen-bond donors (Lipinski definition) is 1. The predicted octanol–water partition coefficient (Wildman–Crippen LogP) is 3.23. The van der Waals surface area contributed by atoms with Crippen LogP contribution >= 0.6 is 11.3 Å². The molecule has 0 spiro atoms. The smallest absolute Gasteiger partial charge is 0.165 e. The molecule has 0 bridgehead atoms. The van der Waals surface area contributed by atoms with Gasteiger partial charge < -0.3 is 9.84 Å². The quantitative estimate of drug-likeness (QED) is 0.913. The molecule has 19 heavy (non-hydrogen) atoms. The molecule has 0 amide bonds. The molecule has 5 heteroatoms. The van der Waals surface area contributed by atoms with Crippen LogP contribution in [-0.2, 0) is 13.2 Å². The summed E-state index contributed by atoms with van der Waals surface area (Å²) in [6.45, 7) is 0.258. The third kappa shape index (κ3) is 2.77. The molecular formula is C14H14FNO2S. The molecule has 0 atom stereocenters. The topological polar surface area (TPSA) is 42.4 Å². The Morgan fingerprint density at radius 2 is 2.16 bits per heavy atom. The number of para-hydroxylation sites is 1. The Morgan fingerprint density at radius 3 is 2.84 bits per heavy atom. The Bertz CT molecular complexity index is 581. The molecule has 1 aromatic carbocycles. The number of aromatic nitrogens is 1. The van der Waals surface area contributed by atoms with Gasteiger partial charge in [-0.15, -0.1) is 11.3 Å². The lowest BCUT2D eigenvalue weighted by atomic mass is 10.2. The van der Waals surface area contributed by atoms with Gasteiger partial charge in [0, 0.05) is 5.92 Å². The normalized spacial score (nSPS) is 14.6. The molecule has 1 aliphatic rings. The first-order valence-corrected chi connectivity index (χ1v) is 7.06. The van der Waals surface area contributed by atoms with Gasteiger partial charge >= 0.3 is 0 Å². The maximum absolute atomic E-state index is 13.4. The number of thiazole rings is 1. The summed E-state index contributed by atoms with van der Waals surface area (Å²) in [6, 6.07) is 6.32. The van der Waals surface area contributed by atoms with Crippen molar-refractivity contribution in [1.29, 1.82) is 0 Å². The van der Waals surface area contributed by atoms with E-state index in [4.69, 9.17) is 4.74 Å². The van der Waals surface area contributed by atoms with E-state index in [2.05, 4.69) is 4.98 Å². The van der Waals surface area contributed by atoms with Crippen molar-refractivity contribution in [3.63, 3.8) is 0 Å². The first kappa shape index (κ1) is 12.6. The van der Waals surface area contributed by atoms with Crippen molar-refractivity contribution in [3.8, 4) is 5.75 Å². The summed E-state index contributed by atoms with van der Waals surface area (Å²) in [5.74, 6) is 0.362. The number of aliphatic hydroxyl groups is 1. The van der Waals surface area contributed by atoms with Crippen LogP contribution < -0.4 is 4.74 Å². The molecule has 3 nitrogen and oxygen atoms in total. The highest BCUT2D eigenvalue weighted by atomic mass is 32.1. The number of rotatable bonds is 5. The standard InChI is InChI=1S/C14H14FNO2S/c15-10-3-1-2-4-11(10)18-8-13-16-14(9-5-6-9)12(7-17)19-13/h1-4,9,17H,5-8H2. The van der Waals surface area contributed by atoms with E-state index in [1.807, 2.05) is 0 Å². The minimum atomic E-state index is -0.371. The molecule has 1 heterocycles. The largest absolute Gasteiger partial charge is 0.483 e. The van der Waals surface area contributed by atoms with Gasteiger partial charge in [-0.2, -0.15) is 0 Å². The van der Waals surface area contributed by atoms with Gasteiger partial charge in [-0.1, -0.05) is 12.1 Å². The van der Waals surface area contributed by atoms with Crippen molar-refractivity contribution in [1.82, 2.24) is 4.98 Å². The minimum Gasteiger partial charge on any atom is -0.483 e. The lowest BCUT2D eigenvalue weighted by Crippen LogP contribution is -1.97. The fourth-order valence-corrected chi connectivity index (χ4v) is 2.89. The average molecular weight is 279 g/mol. The number of nitrogens with zero attached hydrogens (tertiary/aromatic N) is 1. The monoisotopic (exact) mass is 279 g/mol. The summed E-state index contributed by atoms with van der Waals surface area (Å²) in [6.07, 6.45) is 2.29. The maximum atomic E-state index is 13.4. The molecule has 0 aliphatic heterocycles. The summed E-state index contributed by atoms with van der Waals surface area (Å²) in [4.78, 5) is 5.41. The third-order valence-corrected chi connectivity index (χ3v) is 4.10. The van der Waals surface area contributed by atoms with E-state index in [9.17, 15) is 9.50 Å². The van der Waals surface area contributed by atoms with Gasteiger partial charge in [0.2, 0.25) is 0 Å². The highest BCUT2D eigenvalue weighted by Gasteiger charge is 2.29. The van der Waals surface area contributed by atoms with Gasteiger partial charge in [-0.3, -0.25) is 0 Å².